The van der Waals surface area contributed by atoms with Crippen LogP contribution in [0.5, 0.6) is 0 Å². The van der Waals surface area contributed by atoms with Crippen molar-refractivity contribution in [1.29, 1.82) is 0 Å². The van der Waals surface area contributed by atoms with Gasteiger partial charge in [0.2, 0.25) is 5.90 Å². The molecule has 1 aromatic rings. The second-order valence-electron chi connectivity index (χ2n) is 8.92. The fraction of sp³-hybridized carbons (Fsp3) is 0.727. The maximum Gasteiger partial charge on any atom is 0.232 e. The molecule has 0 aromatic carbocycles. The zero-order valence-electron chi connectivity index (χ0n) is 17.9. The number of piperidine rings is 2. The fourth-order valence-corrected chi connectivity index (χ4v) is 4.68. The Balaban J connectivity index is 1.47. The number of hydrogen-bond donors (Lipinski definition) is 1. The van der Waals surface area contributed by atoms with Gasteiger partial charge in [-0.05, 0) is 69.9 Å². The highest BCUT2D eigenvalue weighted by molar-refractivity contribution is 5.83. The average Bonchev–Trinajstić information content (AvgIpc) is 2.76. The number of aromatic nitrogens is 1. The summed E-state index contributed by atoms with van der Waals surface area (Å²) >= 11 is 0. The molecule has 4 rings (SSSR count). The van der Waals surface area contributed by atoms with Crippen molar-refractivity contribution in [3.8, 4) is 0 Å². The zero-order valence-corrected chi connectivity index (χ0v) is 17.9. The molecule has 29 heavy (non-hydrogen) atoms. The summed E-state index contributed by atoms with van der Waals surface area (Å²) in [5.41, 5.74) is 1.11. The minimum absolute atomic E-state index is 0.0709. The highest BCUT2D eigenvalue weighted by Gasteiger charge is 2.42. The van der Waals surface area contributed by atoms with E-state index in [4.69, 9.17) is 9.57 Å². The number of rotatable bonds is 6. The number of oxime groups is 1. The number of hydrogen-bond acceptors (Lipinski definition) is 7. The lowest BCUT2D eigenvalue weighted by Crippen LogP contribution is -2.49. The van der Waals surface area contributed by atoms with Gasteiger partial charge >= 0.3 is 0 Å². The first-order valence-electron chi connectivity index (χ1n) is 11.1. The molecular weight excluding hydrogens is 366 g/mol. The van der Waals surface area contributed by atoms with Crippen LogP contribution in [0.2, 0.25) is 0 Å². The van der Waals surface area contributed by atoms with Crippen molar-refractivity contribution in [3.05, 3.63) is 23.9 Å². The van der Waals surface area contributed by atoms with Crippen molar-refractivity contribution in [2.24, 2.45) is 10.6 Å². The number of ether oxygens (including phenoxy) is 1. The van der Waals surface area contributed by atoms with Gasteiger partial charge in [-0.1, -0.05) is 17.6 Å². The topological polar surface area (TPSA) is 62.2 Å². The molecule has 0 saturated carbocycles. The van der Waals surface area contributed by atoms with Gasteiger partial charge in [0.15, 0.2) is 6.61 Å². The zero-order chi connectivity index (χ0) is 20.1. The van der Waals surface area contributed by atoms with E-state index >= 15 is 0 Å². The summed E-state index contributed by atoms with van der Waals surface area (Å²) in [6.45, 7) is 5.78. The van der Waals surface area contributed by atoms with Crippen LogP contribution in [0.4, 0.5) is 5.82 Å². The number of anilines is 1. The molecule has 4 heterocycles. The molecule has 1 aromatic heterocycles. The van der Waals surface area contributed by atoms with E-state index in [1.807, 2.05) is 25.2 Å². The van der Waals surface area contributed by atoms with Crippen LogP contribution >= 0.6 is 0 Å². The maximum atomic E-state index is 6.49. The van der Waals surface area contributed by atoms with Gasteiger partial charge in [-0.2, -0.15) is 0 Å². The minimum atomic E-state index is -0.118. The van der Waals surface area contributed by atoms with Crippen LogP contribution in [-0.2, 0) is 16.0 Å². The molecule has 2 fully saturated rings. The number of pyridine rings is 1. The Morgan fingerprint density at radius 1 is 1.17 bits per heavy atom. The fourth-order valence-electron chi connectivity index (χ4n) is 4.68. The molecule has 160 valence electrons. The molecule has 1 unspecified atom stereocenters. The SMILES string of the molecule is CN(C)c1ccc(CC2(C3=NOCC(CN4CCCCC4)O3)CCNCC2)cn1. The molecule has 0 aliphatic carbocycles. The smallest absolute Gasteiger partial charge is 0.232 e. The van der Waals surface area contributed by atoms with E-state index in [9.17, 15) is 0 Å². The second kappa shape index (κ2) is 9.30. The van der Waals surface area contributed by atoms with Crippen molar-refractivity contribution >= 4 is 11.7 Å². The molecule has 3 aliphatic heterocycles. The van der Waals surface area contributed by atoms with Gasteiger partial charge in [0.25, 0.3) is 0 Å². The van der Waals surface area contributed by atoms with E-state index in [-0.39, 0.29) is 11.5 Å². The summed E-state index contributed by atoms with van der Waals surface area (Å²) in [6.07, 6.45) is 8.88. The molecule has 0 bridgehead atoms. The number of likely N-dealkylation sites (tertiary alicyclic amines) is 1. The summed E-state index contributed by atoms with van der Waals surface area (Å²) < 4.78 is 6.49. The molecule has 1 atom stereocenters. The van der Waals surface area contributed by atoms with Gasteiger partial charge < -0.3 is 19.8 Å². The van der Waals surface area contributed by atoms with Crippen LogP contribution in [0, 0.1) is 5.41 Å². The molecule has 7 heteroatoms. The van der Waals surface area contributed by atoms with Gasteiger partial charge in [0, 0.05) is 26.8 Å². The van der Waals surface area contributed by atoms with E-state index in [1.165, 1.54) is 37.9 Å². The maximum absolute atomic E-state index is 6.49. The lowest BCUT2D eigenvalue weighted by atomic mass is 9.74. The highest BCUT2D eigenvalue weighted by atomic mass is 16.7. The lowest BCUT2D eigenvalue weighted by molar-refractivity contribution is -0.0242. The summed E-state index contributed by atoms with van der Waals surface area (Å²) in [6, 6.07) is 4.27. The first-order chi connectivity index (χ1) is 14.1. The summed E-state index contributed by atoms with van der Waals surface area (Å²) in [4.78, 5) is 14.8. The Hall–Kier alpha value is -1.86. The third kappa shape index (κ3) is 5.01. The van der Waals surface area contributed by atoms with Crippen molar-refractivity contribution < 1.29 is 9.57 Å². The lowest BCUT2D eigenvalue weighted by Gasteiger charge is -2.41. The third-order valence-corrected chi connectivity index (χ3v) is 6.42. The van der Waals surface area contributed by atoms with Gasteiger partial charge in [-0.25, -0.2) is 4.98 Å². The van der Waals surface area contributed by atoms with Crippen LogP contribution in [0.25, 0.3) is 0 Å². The summed E-state index contributed by atoms with van der Waals surface area (Å²) in [5, 5.41) is 7.91. The van der Waals surface area contributed by atoms with Gasteiger partial charge in [-0.3, -0.25) is 4.90 Å². The minimum Gasteiger partial charge on any atom is -0.470 e. The molecule has 0 amide bonds. The first-order valence-corrected chi connectivity index (χ1v) is 11.1. The van der Waals surface area contributed by atoms with Gasteiger partial charge in [-0.15, -0.1) is 0 Å². The van der Waals surface area contributed by atoms with Crippen molar-refractivity contribution in [3.63, 3.8) is 0 Å². The molecule has 2 saturated heterocycles. The molecule has 3 aliphatic rings. The van der Waals surface area contributed by atoms with E-state index in [1.54, 1.807) is 0 Å². The number of nitrogens with one attached hydrogen (secondary N) is 1. The predicted molar refractivity (Wildman–Crippen MR) is 115 cm³/mol. The Morgan fingerprint density at radius 3 is 2.66 bits per heavy atom. The summed E-state index contributed by atoms with van der Waals surface area (Å²) in [5.74, 6) is 1.77. The van der Waals surface area contributed by atoms with Gasteiger partial charge in [0.1, 0.15) is 11.9 Å². The second-order valence-corrected chi connectivity index (χ2v) is 8.92. The third-order valence-electron chi connectivity index (χ3n) is 6.42. The van der Waals surface area contributed by atoms with Crippen LogP contribution in [0.3, 0.4) is 0 Å². The van der Waals surface area contributed by atoms with Crippen LogP contribution in [0.15, 0.2) is 23.5 Å². The largest absolute Gasteiger partial charge is 0.470 e. The van der Waals surface area contributed by atoms with Crippen molar-refractivity contribution in [1.82, 2.24) is 15.2 Å². The Morgan fingerprint density at radius 2 is 1.97 bits per heavy atom. The first kappa shape index (κ1) is 20.4. The van der Waals surface area contributed by atoms with E-state index in [0.29, 0.717) is 6.61 Å². The highest BCUT2D eigenvalue weighted by Crippen LogP contribution is 2.37. The van der Waals surface area contributed by atoms with Crippen LogP contribution in [0.1, 0.15) is 37.7 Å². The Bertz CT molecular complexity index is 679. The van der Waals surface area contributed by atoms with Crippen LogP contribution < -0.4 is 10.2 Å². The Labute approximate surface area is 174 Å². The normalized spacial score (nSPS) is 24.9. The molecule has 0 spiro atoms. The number of nitrogens with zero attached hydrogens (tertiary/aromatic N) is 4. The molecular formula is C22H35N5O2. The summed E-state index contributed by atoms with van der Waals surface area (Å²) in [7, 11) is 4.03. The molecule has 0 radical (unpaired) electrons. The standard InChI is InChI=1S/C22H35N5O2/c1-26(2)20-7-6-18(15-24-20)14-22(8-10-23-11-9-22)21-25-28-17-19(29-21)16-27-12-4-3-5-13-27/h6-7,15,19,23H,3-5,8-14,16-17H2,1-2H3. The Kier molecular flexibility index (Phi) is 6.55. The van der Waals surface area contributed by atoms with Gasteiger partial charge in [0.05, 0.1) is 5.41 Å². The van der Waals surface area contributed by atoms with E-state index < -0.39 is 0 Å². The quantitative estimate of drug-likeness (QED) is 0.789. The predicted octanol–water partition coefficient (Wildman–Crippen LogP) is 2.27. The van der Waals surface area contributed by atoms with E-state index in [2.05, 4.69) is 32.5 Å². The molecule has 1 N–H and O–H groups in total. The average molecular weight is 402 g/mol. The van der Waals surface area contributed by atoms with Crippen molar-refractivity contribution in [2.45, 2.75) is 44.6 Å². The van der Waals surface area contributed by atoms with E-state index in [0.717, 1.165) is 50.6 Å². The monoisotopic (exact) mass is 401 g/mol. The molecule has 7 nitrogen and oxygen atoms in total. The van der Waals surface area contributed by atoms with Crippen molar-refractivity contribution in [2.75, 3.05) is 58.3 Å². The van der Waals surface area contributed by atoms with Crippen LogP contribution in [-0.4, -0.2) is 75.3 Å².